The van der Waals surface area contributed by atoms with Crippen LogP contribution >= 0.6 is 12.4 Å². The monoisotopic (exact) mass is 270 g/mol. The van der Waals surface area contributed by atoms with Crippen molar-refractivity contribution in [2.75, 3.05) is 6.54 Å². The smallest absolute Gasteiger partial charge is 0.176 e. The Morgan fingerprint density at radius 3 is 2.22 bits per heavy atom. The van der Waals surface area contributed by atoms with Gasteiger partial charge in [0.15, 0.2) is 5.78 Å². The minimum Gasteiger partial charge on any atom is -0.549 e. The van der Waals surface area contributed by atoms with Crippen LogP contribution in [0.1, 0.15) is 41.6 Å². The fourth-order valence-corrected chi connectivity index (χ4v) is 1.73. The summed E-state index contributed by atoms with van der Waals surface area (Å²) in [6.07, 6.45) is 1.30. The van der Waals surface area contributed by atoms with E-state index in [9.17, 15) is 14.7 Å². The summed E-state index contributed by atoms with van der Waals surface area (Å²) in [7, 11) is 0. The van der Waals surface area contributed by atoms with Crippen molar-refractivity contribution >= 4 is 24.2 Å². The first-order chi connectivity index (χ1) is 8.10. The van der Waals surface area contributed by atoms with Gasteiger partial charge in [-0.3, -0.25) is 4.79 Å². The number of nitrogens with two attached hydrogens (primary N) is 1. The highest BCUT2D eigenvalue weighted by Crippen LogP contribution is 2.21. The Kier molecular flexibility index (Phi) is 7.24. The summed E-state index contributed by atoms with van der Waals surface area (Å²) in [5.74, 6) is -1.84. The van der Waals surface area contributed by atoms with E-state index < -0.39 is 11.9 Å². The molecule has 1 unspecified atom stereocenters. The highest BCUT2D eigenvalue weighted by Gasteiger charge is 2.12. The number of halogens is 1. The van der Waals surface area contributed by atoms with Gasteiger partial charge in [-0.25, -0.2) is 0 Å². The van der Waals surface area contributed by atoms with Gasteiger partial charge in [-0.1, -0.05) is 37.6 Å². The van der Waals surface area contributed by atoms with Gasteiger partial charge in [-0.15, -0.1) is 12.4 Å². The lowest BCUT2D eigenvalue weighted by Crippen LogP contribution is -2.29. The van der Waals surface area contributed by atoms with E-state index in [1.54, 1.807) is 24.3 Å². The van der Waals surface area contributed by atoms with E-state index in [0.29, 0.717) is 17.5 Å². The summed E-state index contributed by atoms with van der Waals surface area (Å²) in [6.45, 7) is 1.88. The lowest BCUT2D eigenvalue weighted by atomic mass is 9.93. The van der Waals surface area contributed by atoms with Gasteiger partial charge < -0.3 is 15.6 Å². The number of carboxylic acid groups (broad SMARTS) is 1. The van der Waals surface area contributed by atoms with Crippen molar-refractivity contribution in [3.63, 3.8) is 0 Å². The molecule has 0 aliphatic carbocycles. The number of Topliss-reactive ketones (excluding diaryl/α,β-unsaturated/α-hetero) is 1. The zero-order valence-electron chi connectivity index (χ0n) is 10.2. The third-order valence-corrected chi connectivity index (χ3v) is 2.68. The van der Waals surface area contributed by atoms with Crippen molar-refractivity contribution in [3.8, 4) is 0 Å². The maximum absolute atomic E-state index is 11.3. The molecule has 0 heterocycles. The van der Waals surface area contributed by atoms with Crippen LogP contribution in [0.15, 0.2) is 24.3 Å². The zero-order valence-corrected chi connectivity index (χ0v) is 11.0. The van der Waals surface area contributed by atoms with Crippen LogP contribution in [0, 0.1) is 0 Å². The number of carbonyl (C=O) groups excluding carboxylic acids is 2. The minimum absolute atomic E-state index is 0. The SMILES string of the molecule is CCCC(C(=O)[O-])c1ccc(C(=O)CN)cc1.Cl. The Bertz CT molecular complexity index is 403. The van der Waals surface area contributed by atoms with E-state index in [1.165, 1.54) is 0 Å². The van der Waals surface area contributed by atoms with Crippen LogP contribution in [0.5, 0.6) is 0 Å². The van der Waals surface area contributed by atoms with E-state index in [0.717, 1.165) is 6.42 Å². The van der Waals surface area contributed by atoms with E-state index in [4.69, 9.17) is 5.73 Å². The van der Waals surface area contributed by atoms with Crippen molar-refractivity contribution in [3.05, 3.63) is 35.4 Å². The lowest BCUT2D eigenvalue weighted by Gasteiger charge is -2.17. The second-order valence-corrected chi connectivity index (χ2v) is 3.91. The largest absolute Gasteiger partial charge is 0.549 e. The number of aliphatic carboxylic acids is 1. The molecule has 0 saturated heterocycles. The third-order valence-electron chi connectivity index (χ3n) is 2.68. The van der Waals surface area contributed by atoms with Gasteiger partial charge in [0.1, 0.15) is 0 Å². The maximum atomic E-state index is 11.3. The Morgan fingerprint density at radius 1 is 1.28 bits per heavy atom. The highest BCUT2D eigenvalue weighted by atomic mass is 35.5. The topological polar surface area (TPSA) is 83.2 Å². The fraction of sp³-hybridized carbons (Fsp3) is 0.385. The second-order valence-electron chi connectivity index (χ2n) is 3.91. The maximum Gasteiger partial charge on any atom is 0.176 e. The number of benzene rings is 1. The van der Waals surface area contributed by atoms with Crippen LogP contribution < -0.4 is 10.8 Å². The van der Waals surface area contributed by atoms with Crippen LogP contribution in [-0.2, 0) is 4.79 Å². The molecule has 0 saturated carbocycles. The molecular weight excluding hydrogens is 254 g/mol. The first-order valence-electron chi connectivity index (χ1n) is 5.64. The standard InChI is InChI=1S/C13H17NO3.ClH/c1-2-3-11(13(16)17)9-4-6-10(7-5-9)12(15)8-14;/h4-7,11H,2-3,8,14H2,1H3,(H,16,17);1H/p-1. The predicted octanol–water partition coefficient (Wildman–Crippen LogP) is 0.883. The van der Waals surface area contributed by atoms with Crippen LogP contribution in [0.3, 0.4) is 0 Å². The van der Waals surface area contributed by atoms with Gasteiger partial charge in [-0.05, 0) is 12.0 Å². The van der Waals surface area contributed by atoms with Crippen LogP contribution in [0.2, 0.25) is 0 Å². The first-order valence-corrected chi connectivity index (χ1v) is 5.64. The molecule has 0 aliphatic rings. The average Bonchev–Trinajstić information content (AvgIpc) is 2.35. The third kappa shape index (κ3) is 4.13. The Balaban J connectivity index is 0.00000289. The summed E-state index contributed by atoms with van der Waals surface area (Å²) in [6, 6.07) is 6.52. The van der Waals surface area contributed by atoms with Crippen molar-refractivity contribution in [2.24, 2.45) is 5.73 Å². The number of ketones is 1. The molecule has 0 fully saturated rings. The molecule has 0 radical (unpaired) electrons. The van der Waals surface area contributed by atoms with Crippen molar-refractivity contribution in [1.29, 1.82) is 0 Å². The first kappa shape index (κ1) is 16.6. The summed E-state index contributed by atoms with van der Waals surface area (Å²) in [5.41, 5.74) is 6.42. The Labute approximate surface area is 113 Å². The number of hydrogen-bond acceptors (Lipinski definition) is 4. The molecule has 2 N–H and O–H groups in total. The molecule has 1 rings (SSSR count). The quantitative estimate of drug-likeness (QED) is 0.778. The van der Waals surface area contributed by atoms with Gasteiger partial charge >= 0.3 is 0 Å². The molecule has 100 valence electrons. The molecule has 0 amide bonds. The molecule has 1 aromatic carbocycles. The van der Waals surface area contributed by atoms with Gasteiger partial charge in [0.2, 0.25) is 0 Å². The molecule has 0 bridgehead atoms. The normalized spacial score (nSPS) is 11.4. The van der Waals surface area contributed by atoms with Crippen LogP contribution in [0.4, 0.5) is 0 Å². The highest BCUT2D eigenvalue weighted by molar-refractivity contribution is 5.97. The van der Waals surface area contributed by atoms with Crippen molar-refractivity contribution in [2.45, 2.75) is 25.7 Å². The number of carboxylic acids is 1. The minimum atomic E-state index is -1.08. The van der Waals surface area contributed by atoms with Crippen LogP contribution in [0.25, 0.3) is 0 Å². The lowest BCUT2D eigenvalue weighted by molar-refractivity contribution is -0.308. The average molecular weight is 271 g/mol. The number of hydrogen-bond donors (Lipinski definition) is 1. The van der Waals surface area contributed by atoms with Gasteiger partial charge in [-0.2, -0.15) is 0 Å². The summed E-state index contributed by atoms with van der Waals surface area (Å²) < 4.78 is 0. The molecule has 1 atom stereocenters. The van der Waals surface area contributed by atoms with E-state index in [2.05, 4.69) is 0 Å². The van der Waals surface area contributed by atoms with Gasteiger partial charge in [0.05, 0.1) is 6.54 Å². The molecule has 1 aromatic rings. The predicted molar refractivity (Wildman–Crippen MR) is 69.7 cm³/mol. The molecular formula is C13H17ClNO3-. The summed E-state index contributed by atoms with van der Waals surface area (Å²) in [4.78, 5) is 22.3. The van der Waals surface area contributed by atoms with Crippen molar-refractivity contribution in [1.82, 2.24) is 0 Å². The Morgan fingerprint density at radius 2 is 1.83 bits per heavy atom. The molecule has 18 heavy (non-hydrogen) atoms. The van der Waals surface area contributed by atoms with Gasteiger partial charge in [0.25, 0.3) is 0 Å². The van der Waals surface area contributed by atoms with E-state index >= 15 is 0 Å². The molecule has 0 aliphatic heterocycles. The summed E-state index contributed by atoms with van der Waals surface area (Å²) >= 11 is 0. The van der Waals surface area contributed by atoms with Crippen LogP contribution in [-0.4, -0.2) is 18.3 Å². The Hall–Kier alpha value is -1.39. The molecule has 0 aromatic heterocycles. The second kappa shape index (κ2) is 7.84. The molecule has 5 heteroatoms. The number of rotatable bonds is 6. The molecule has 4 nitrogen and oxygen atoms in total. The zero-order chi connectivity index (χ0) is 12.8. The molecule has 0 spiro atoms. The summed E-state index contributed by atoms with van der Waals surface area (Å²) in [5, 5.41) is 11.0. The fourth-order valence-electron chi connectivity index (χ4n) is 1.73. The van der Waals surface area contributed by atoms with E-state index in [-0.39, 0.29) is 24.7 Å². The van der Waals surface area contributed by atoms with Gasteiger partial charge in [0, 0.05) is 17.5 Å². The van der Waals surface area contributed by atoms with E-state index in [1.807, 2.05) is 6.92 Å². The van der Waals surface area contributed by atoms with Crippen molar-refractivity contribution < 1.29 is 14.7 Å². The number of carbonyl (C=O) groups is 2.